The Kier molecular flexibility index (Phi) is 4.43. The summed E-state index contributed by atoms with van der Waals surface area (Å²) in [6, 6.07) is 13.5. The Hall–Kier alpha value is -1.56. The number of hydrogen-bond donors (Lipinski definition) is 2. The number of halogens is 1. The highest BCUT2D eigenvalue weighted by molar-refractivity contribution is 9.10. The highest BCUT2D eigenvalue weighted by Gasteiger charge is 2.16. The maximum absolute atomic E-state index is 10.1. The fourth-order valence-corrected chi connectivity index (χ4v) is 2.69. The SMILES string of the molecule is OC(CNCc1cc2c(cc1Br)OCO2)c1ccccc1. The average Bonchev–Trinajstić information content (AvgIpc) is 2.95. The standard InChI is InChI=1S/C16H16BrNO3/c17-13-7-16-15(20-10-21-16)6-12(13)8-18-9-14(19)11-4-2-1-3-5-11/h1-7,14,18-19H,8-10H2. The number of fused-ring (bicyclic) bond motifs is 1. The zero-order valence-corrected chi connectivity index (χ0v) is 13.0. The molecule has 0 aromatic heterocycles. The molecule has 1 heterocycles. The van der Waals surface area contributed by atoms with Gasteiger partial charge in [0.15, 0.2) is 11.5 Å². The predicted molar refractivity (Wildman–Crippen MR) is 83.4 cm³/mol. The van der Waals surface area contributed by atoms with Gasteiger partial charge in [-0.1, -0.05) is 46.3 Å². The average molecular weight is 350 g/mol. The molecular weight excluding hydrogens is 334 g/mol. The van der Waals surface area contributed by atoms with Crippen LogP contribution in [0.25, 0.3) is 0 Å². The molecule has 4 nitrogen and oxygen atoms in total. The largest absolute Gasteiger partial charge is 0.454 e. The van der Waals surface area contributed by atoms with Crippen LogP contribution in [0, 0.1) is 0 Å². The highest BCUT2D eigenvalue weighted by atomic mass is 79.9. The molecule has 21 heavy (non-hydrogen) atoms. The van der Waals surface area contributed by atoms with Gasteiger partial charge in [-0.2, -0.15) is 0 Å². The summed E-state index contributed by atoms with van der Waals surface area (Å²) in [4.78, 5) is 0. The molecule has 0 amide bonds. The summed E-state index contributed by atoms with van der Waals surface area (Å²) in [7, 11) is 0. The summed E-state index contributed by atoms with van der Waals surface area (Å²) in [6.45, 7) is 1.40. The molecule has 5 heteroatoms. The van der Waals surface area contributed by atoms with Crippen molar-refractivity contribution in [2.24, 2.45) is 0 Å². The zero-order valence-electron chi connectivity index (χ0n) is 11.4. The third-order valence-electron chi connectivity index (χ3n) is 3.38. The summed E-state index contributed by atoms with van der Waals surface area (Å²) in [5, 5.41) is 13.4. The van der Waals surface area contributed by atoms with Crippen LogP contribution in [0.2, 0.25) is 0 Å². The van der Waals surface area contributed by atoms with Crippen LogP contribution in [0.15, 0.2) is 46.9 Å². The van der Waals surface area contributed by atoms with Crippen LogP contribution in [-0.4, -0.2) is 18.4 Å². The number of aliphatic hydroxyl groups excluding tert-OH is 1. The number of benzene rings is 2. The number of rotatable bonds is 5. The van der Waals surface area contributed by atoms with Crippen LogP contribution >= 0.6 is 15.9 Å². The Bertz CT molecular complexity index is 618. The molecule has 1 unspecified atom stereocenters. The van der Waals surface area contributed by atoms with Crippen molar-refractivity contribution in [3.63, 3.8) is 0 Å². The number of ether oxygens (including phenoxy) is 2. The van der Waals surface area contributed by atoms with E-state index in [1.807, 2.05) is 42.5 Å². The van der Waals surface area contributed by atoms with E-state index in [1.54, 1.807) is 0 Å². The van der Waals surface area contributed by atoms with E-state index in [1.165, 1.54) is 0 Å². The molecule has 2 aromatic rings. The number of hydrogen-bond acceptors (Lipinski definition) is 4. The monoisotopic (exact) mass is 349 g/mol. The first kappa shape index (κ1) is 14.4. The maximum atomic E-state index is 10.1. The number of nitrogens with one attached hydrogen (secondary N) is 1. The first-order chi connectivity index (χ1) is 10.2. The van der Waals surface area contributed by atoms with E-state index >= 15 is 0 Å². The molecule has 0 saturated carbocycles. The van der Waals surface area contributed by atoms with Crippen LogP contribution in [0.1, 0.15) is 17.2 Å². The molecule has 0 radical (unpaired) electrons. The molecule has 0 spiro atoms. The molecule has 2 aromatic carbocycles. The molecule has 110 valence electrons. The van der Waals surface area contributed by atoms with E-state index in [0.29, 0.717) is 13.1 Å². The van der Waals surface area contributed by atoms with Crippen molar-refractivity contribution in [2.75, 3.05) is 13.3 Å². The van der Waals surface area contributed by atoms with Crippen LogP contribution in [0.3, 0.4) is 0 Å². The molecule has 0 saturated heterocycles. The van der Waals surface area contributed by atoms with Gasteiger partial charge in [-0.25, -0.2) is 0 Å². The maximum Gasteiger partial charge on any atom is 0.231 e. The second kappa shape index (κ2) is 6.47. The van der Waals surface area contributed by atoms with E-state index in [4.69, 9.17) is 9.47 Å². The van der Waals surface area contributed by atoms with Gasteiger partial charge in [-0.05, 0) is 23.3 Å². The Balaban J connectivity index is 1.58. The summed E-state index contributed by atoms with van der Waals surface area (Å²) < 4.78 is 11.7. The molecule has 2 N–H and O–H groups in total. The number of aliphatic hydroxyl groups is 1. The lowest BCUT2D eigenvalue weighted by Gasteiger charge is -2.13. The second-order valence-electron chi connectivity index (χ2n) is 4.85. The van der Waals surface area contributed by atoms with Gasteiger partial charge in [0.25, 0.3) is 0 Å². The lowest BCUT2D eigenvalue weighted by molar-refractivity contribution is 0.173. The first-order valence-corrected chi connectivity index (χ1v) is 7.55. The summed E-state index contributed by atoms with van der Waals surface area (Å²) >= 11 is 3.52. The van der Waals surface area contributed by atoms with Gasteiger partial charge in [0, 0.05) is 17.6 Å². The van der Waals surface area contributed by atoms with Crippen molar-refractivity contribution >= 4 is 15.9 Å². The lowest BCUT2D eigenvalue weighted by atomic mass is 10.1. The molecule has 1 aliphatic heterocycles. The van der Waals surface area contributed by atoms with Crippen LogP contribution in [0.5, 0.6) is 11.5 Å². The Morgan fingerprint density at radius 3 is 2.62 bits per heavy atom. The summed E-state index contributed by atoms with van der Waals surface area (Å²) in [5.74, 6) is 1.52. The molecule has 0 aliphatic carbocycles. The van der Waals surface area contributed by atoms with Crippen molar-refractivity contribution in [1.29, 1.82) is 0 Å². The third-order valence-corrected chi connectivity index (χ3v) is 4.12. The van der Waals surface area contributed by atoms with Gasteiger partial charge in [0.05, 0.1) is 6.10 Å². The minimum absolute atomic E-state index is 0.269. The van der Waals surface area contributed by atoms with E-state index in [0.717, 1.165) is 27.1 Å². The highest BCUT2D eigenvalue weighted by Crippen LogP contribution is 2.36. The molecule has 0 fully saturated rings. The molecule has 1 aliphatic rings. The minimum atomic E-state index is -0.515. The lowest BCUT2D eigenvalue weighted by Crippen LogP contribution is -2.21. The van der Waals surface area contributed by atoms with Gasteiger partial charge < -0.3 is 19.9 Å². The fraction of sp³-hybridized carbons (Fsp3) is 0.250. The third kappa shape index (κ3) is 3.37. The van der Waals surface area contributed by atoms with Crippen molar-refractivity contribution in [3.8, 4) is 11.5 Å². The van der Waals surface area contributed by atoms with E-state index in [2.05, 4.69) is 21.2 Å². The van der Waals surface area contributed by atoms with Gasteiger partial charge in [0.2, 0.25) is 6.79 Å². The molecule has 3 rings (SSSR count). The Morgan fingerprint density at radius 1 is 1.14 bits per heavy atom. The van der Waals surface area contributed by atoms with Crippen molar-refractivity contribution in [1.82, 2.24) is 5.32 Å². The van der Waals surface area contributed by atoms with Gasteiger partial charge >= 0.3 is 0 Å². The summed E-state index contributed by atoms with van der Waals surface area (Å²) in [6.07, 6.45) is -0.515. The predicted octanol–water partition coefficient (Wildman–Crippen LogP) is 3.00. The fourth-order valence-electron chi connectivity index (χ4n) is 2.23. The zero-order chi connectivity index (χ0) is 14.7. The molecular formula is C16H16BrNO3. The second-order valence-corrected chi connectivity index (χ2v) is 5.71. The van der Waals surface area contributed by atoms with E-state index in [-0.39, 0.29) is 6.79 Å². The smallest absolute Gasteiger partial charge is 0.231 e. The van der Waals surface area contributed by atoms with Crippen LogP contribution in [-0.2, 0) is 6.54 Å². The Labute approximate surface area is 131 Å². The topological polar surface area (TPSA) is 50.7 Å². The van der Waals surface area contributed by atoms with Gasteiger partial charge in [0.1, 0.15) is 0 Å². The van der Waals surface area contributed by atoms with Gasteiger partial charge in [-0.3, -0.25) is 0 Å². The minimum Gasteiger partial charge on any atom is -0.454 e. The quantitative estimate of drug-likeness (QED) is 0.871. The normalized spacial score (nSPS) is 14.2. The van der Waals surface area contributed by atoms with Crippen molar-refractivity contribution in [3.05, 3.63) is 58.1 Å². The molecule has 0 bridgehead atoms. The van der Waals surface area contributed by atoms with Crippen LogP contribution in [0.4, 0.5) is 0 Å². The van der Waals surface area contributed by atoms with Gasteiger partial charge in [-0.15, -0.1) is 0 Å². The molecule has 1 atom stereocenters. The van der Waals surface area contributed by atoms with Crippen molar-refractivity contribution < 1.29 is 14.6 Å². The van der Waals surface area contributed by atoms with Crippen LogP contribution < -0.4 is 14.8 Å². The van der Waals surface area contributed by atoms with E-state index in [9.17, 15) is 5.11 Å². The first-order valence-electron chi connectivity index (χ1n) is 6.76. The van der Waals surface area contributed by atoms with Crippen molar-refractivity contribution in [2.45, 2.75) is 12.6 Å². The Morgan fingerprint density at radius 2 is 1.86 bits per heavy atom. The van der Waals surface area contributed by atoms with E-state index < -0.39 is 6.10 Å². The summed E-state index contributed by atoms with van der Waals surface area (Å²) in [5.41, 5.74) is 1.98.